The van der Waals surface area contributed by atoms with Gasteiger partial charge in [0.2, 0.25) is 0 Å². The zero-order chi connectivity index (χ0) is 21.8. The number of hydrazine groups is 1. The number of carbonyl (C=O) groups is 2. The molecule has 0 aliphatic heterocycles. The number of halogens is 1. The van der Waals surface area contributed by atoms with Gasteiger partial charge in [0.15, 0.2) is 5.11 Å². The summed E-state index contributed by atoms with van der Waals surface area (Å²) in [4.78, 5) is 25.2. The molecule has 0 saturated carbocycles. The van der Waals surface area contributed by atoms with Crippen molar-refractivity contribution in [3.63, 3.8) is 0 Å². The largest absolute Gasteiger partial charge is 0.297 e. The highest BCUT2D eigenvalue weighted by Gasteiger charge is 2.18. The van der Waals surface area contributed by atoms with Crippen molar-refractivity contribution in [2.75, 3.05) is 0 Å². The van der Waals surface area contributed by atoms with Gasteiger partial charge in [-0.05, 0) is 41.5 Å². The number of carbonyl (C=O) groups excluding carboxylic acids is 2. The van der Waals surface area contributed by atoms with Gasteiger partial charge in [-0.1, -0.05) is 72.3 Å². The third kappa shape index (κ3) is 4.74. The Morgan fingerprint density at radius 1 is 0.774 bits per heavy atom. The van der Waals surface area contributed by atoms with Gasteiger partial charge in [0, 0.05) is 15.6 Å². The number of amides is 2. The van der Waals surface area contributed by atoms with Gasteiger partial charge in [0.05, 0.1) is 5.02 Å². The molecule has 0 aliphatic rings. The van der Waals surface area contributed by atoms with Crippen molar-refractivity contribution in [2.24, 2.45) is 0 Å². The second-order valence-electron chi connectivity index (χ2n) is 6.55. The minimum absolute atomic E-state index is 0.0345. The summed E-state index contributed by atoms with van der Waals surface area (Å²) in [7, 11) is 0. The van der Waals surface area contributed by atoms with E-state index in [0.29, 0.717) is 15.5 Å². The molecule has 0 spiro atoms. The Kier molecular flexibility index (Phi) is 6.27. The van der Waals surface area contributed by atoms with E-state index in [-0.39, 0.29) is 11.0 Å². The highest BCUT2D eigenvalue weighted by Crippen LogP contribution is 2.34. The molecule has 0 unspecified atom stereocenters. The van der Waals surface area contributed by atoms with E-state index in [2.05, 4.69) is 16.2 Å². The van der Waals surface area contributed by atoms with E-state index >= 15 is 0 Å². The number of hydrogen-bond acceptors (Lipinski definition) is 4. The predicted molar refractivity (Wildman–Crippen MR) is 129 cm³/mol. The molecule has 31 heavy (non-hydrogen) atoms. The zero-order valence-corrected chi connectivity index (χ0v) is 18.4. The maximum Gasteiger partial charge on any atom is 0.269 e. The van der Waals surface area contributed by atoms with Crippen molar-refractivity contribution in [1.82, 2.24) is 16.2 Å². The van der Waals surface area contributed by atoms with Crippen molar-refractivity contribution in [3.8, 4) is 11.1 Å². The molecule has 1 aromatic heterocycles. The summed E-state index contributed by atoms with van der Waals surface area (Å²) in [6.07, 6.45) is 0. The van der Waals surface area contributed by atoms with Crippen LogP contribution in [0.15, 0.2) is 78.9 Å². The van der Waals surface area contributed by atoms with E-state index in [1.54, 1.807) is 12.1 Å². The molecule has 0 atom stereocenters. The number of hydrogen-bond donors (Lipinski definition) is 3. The minimum Gasteiger partial charge on any atom is -0.297 e. The average Bonchev–Trinajstić information content (AvgIpc) is 3.15. The topological polar surface area (TPSA) is 70.2 Å². The maximum atomic E-state index is 12.5. The molecule has 154 valence electrons. The summed E-state index contributed by atoms with van der Waals surface area (Å²) >= 11 is 12.7. The van der Waals surface area contributed by atoms with Crippen LogP contribution in [0.3, 0.4) is 0 Å². The first kappa shape index (κ1) is 21.0. The highest BCUT2D eigenvalue weighted by atomic mass is 35.5. The van der Waals surface area contributed by atoms with E-state index < -0.39 is 5.91 Å². The summed E-state index contributed by atoms with van der Waals surface area (Å²) in [5.41, 5.74) is 7.55. The van der Waals surface area contributed by atoms with Crippen molar-refractivity contribution < 1.29 is 9.59 Å². The molecule has 0 aliphatic carbocycles. The lowest BCUT2D eigenvalue weighted by Crippen LogP contribution is -2.48. The molecule has 1 heterocycles. The Morgan fingerprint density at radius 3 is 2.13 bits per heavy atom. The fourth-order valence-corrected chi connectivity index (χ4v) is 4.54. The van der Waals surface area contributed by atoms with Gasteiger partial charge in [0.1, 0.15) is 4.88 Å². The molecule has 4 aromatic rings. The smallest absolute Gasteiger partial charge is 0.269 e. The molecule has 0 fully saturated rings. The monoisotopic (exact) mass is 465 g/mol. The molecule has 3 aromatic carbocycles. The summed E-state index contributed by atoms with van der Waals surface area (Å²) in [5.74, 6) is -0.818. The molecule has 0 bridgehead atoms. The Hall–Kier alpha value is -3.26. The molecular formula is C23H16ClN3O2S2. The summed E-state index contributed by atoms with van der Waals surface area (Å²) in [5, 5.41) is 3.68. The number of fused-ring (bicyclic) bond motifs is 1. The fraction of sp³-hybridized carbons (Fsp3) is 0. The van der Waals surface area contributed by atoms with Crippen LogP contribution in [0.4, 0.5) is 0 Å². The molecule has 4 rings (SSSR count). The Morgan fingerprint density at radius 2 is 1.42 bits per heavy atom. The Balaban J connectivity index is 1.34. The minimum atomic E-state index is -0.440. The van der Waals surface area contributed by atoms with Crippen LogP contribution in [0.1, 0.15) is 20.0 Å². The van der Waals surface area contributed by atoms with E-state index in [4.69, 9.17) is 23.8 Å². The Labute approximate surface area is 193 Å². The van der Waals surface area contributed by atoms with Crippen LogP contribution in [-0.2, 0) is 0 Å². The van der Waals surface area contributed by atoms with E-state index in [1.165, 1.54) is 11.3 Å². The Bertz CT molecular complexity index is 1270. The number of thiophene rings is 1. The van der Waals surface area contributed by atoms with Crippen molar-refractivity contribution >= 4 is 62.2 Å². The zero-order valence-electron chi connectivity index (χ0n) is 16.0. The molecule has 5 nitrogen and oxygen atoms in total. The predicted octanol–water partition coefficient (Wildman–Crippen LogP) is 5.17. The normalized spacial score (nSPS) is 10.5. The highest BCUT2D eigenvalue weighted by molar-refractivity contribution is 7.80. The van der Waals surface area contributed by atoms with Gasteiger partial charge in [-0.3, -0.25) is 25.8 Å². The first-order valence-electron chi connectivity index (χ1n) is 9.27. The first-order valence-corrected chi connectivity index (χ1v) is 10.9. The fourth-order valence-electron chi connectivity index (χ4n) is 2.98. The summed E-state index contributed by atoms with van der Waals surface area (Å²) < 4.78 is 0.906. The first-order chi connectivity index (χ1) is 15.0. The molecular weight excluding hydrogens is 450 g/mol. The standard InChI is InChI=1S/C23H16ClN3O2S2/c24-19-17-8-4-5-9-18(17)31-20(19)22(29)25-23(30)27-26-21(28)16-12-10-15(11-13-16)14-6-2-1-3-7-14/h1-13H,(H,26,28)(H2,25,27,29,30). The van der Waals surface area contributed by atoms with Gasteiger partial charge < -0.3 is 0 Å². The van der Waals surface area contributed by atoms with Crippen molar-refractivity contribution in [2.45, 2.75) is 0 Å². The van der Waals surface area contributed by atoms with Crippen LogP contribution in [0.25, 0.3) is 21.2 Å². The number of thiocarbonyl (C=S) groups is 1. The van der Waals surface area contributed by atoms with Gasteiger partial charge in [-0.25, -0.2) is 0 Å². The molecule has 0 saturated heterocycles. The number of benzene rings is 3. The summed E-state index contributed by atoms with van der Waals surface area (Å²) in [6.45, 7) is 0. The molecule has 8 heteroatoms. The van der Waals surface area contributed by atoms with Crippen molar-refractivity contribution in [1.29, 1.82) is 0 Å². The van der Waals surface area contributed by atoms with Crippen LogP contribution >= 0.6 is 35.2 Å². The number of nitrogens with one attached hydrogen (secondary N) is 3. The lowest BCUT2D eigenvalue weighted by molar-refractivity contribution is 0.0935. The van der Waals surface area contributed by atoms with Gasteiger partial charge in [-0.2, -0.15) is 0 Å². The van der Waals surface area contributed by atoms with Crippen LogP contribution in [0.2, 0.25) is 5.02 Å². The van der Waals surface area contributed by atoms with Crippen LogP contribution < -0.4 is 16.2 Å². The molecule has 3 N–H and O–H groups in total. The second-order valence-corrected chi connectivity index (χ2v) is 8.39. The van der Waals surface area contributed by atoms with Crippen LogP contribution in [0.5, 0.6) is 0 Å². The van der Waals surface area contributed by atoms with Crippen molar-refractivity contribution in [3.05, 3.63) is 94.3 Å². The van der Waals surface area contributed by atoms with E-state index in [0.717, 1.165) is 21.2 Å². The molecule has 0 radical (unpaired) electrons. The van der Waals surface area contributed by atoms with E-state index in [9.17, 15) is 9.59 Å². The van der Waals surface area contributed by atoms with Gasteiger partial charge >= 0.3 is 0 Å². The second kappa shape index (κ2) is 9.26. The number of rotatable bonds is 3. The van der Waals surface area contributed by atoms with Crippen LogP contribution in [0, 0.1) is 0 Å². The third-order valence-electron chi connectivity index (χ3n) is 4.51. The lowest BCUT2D eigenvalue weighted by Gasteiger charge is -2.11. The SMILES string of the molecule is O=C(NNC(=S)NC(=O)c1sc2ccccc2c1Cl)c1ccc(-c2ccccc2)cc1. The summed E-state index contributed by atoms with van der Waals surface area (Å²) in [6, 6.07) is 24.5. The maximum absolute atomic E-state index is 12.5. The van der Waals surface area contributed by atoms with Gasteiger partial charge in [-0.15, -0.1) is 11.3 Å². The van der Waals surface area contributed by atoms with E-state index in [1.807, 2.05) is 66.7 Å². The quantitative estimate of drug-likeness (QED) is 0.288. The lowest BCUT2D eigenvalue weighted by atomic mass is 10.0. The molecule has 2 amide bonds. The van der Waals surface area contributed by atoms with Gasteiger partial charge in [0.25, 0.3) is 11.8 Å². The third-order valence-corrected chi connectivity index (χ3v) is 6.39. The average molecular weight is 466 g/mol. The van der Waals surface area contributed by atoms with Crippen LogP contribution in [-0.4, -0.2) is 16.9 Å².